The van der Waals surface area contributed by atoms with E-state index in [0.717, 1.165) is 27.2 Å². The number of benzene rings is 4. The van der Waals surface area contributed by atoms with Crippen LogP contribution in [0.15, 0.2) is 78.9 Å². The summed E-state index contributed by atoms with van der Waals surface area (Å²) in [5.74, 6) is 0.385. The van der Waals surface area contributed by atoms with E-state index in [1.807, 2.05) is 78.9 Å². The molecule has 4 rings (SSSR count). The number of rotatable bonds is 3. The van der Waals surface area contributed by atoms with Crippen LogP contribution in [0.3, 0.4) is 0 Å². The molecule has 0 atom stereocenters. The molecule has 3 nitrogen and oxygen atoms in total. The van der Waals surface area contributed by atoms with Crippen molar-refractivity contribution in [2.75, 3.05) is 12.4 Å². The van der Waals surface area contributed by atoms with Gasteiger partial charge in [-0.05, 0) is 34.4 Å². The molecule has 0 radical (unpaired) electrons. The van der Waals surface area contributed by atoms with Crippen LogP contribution in [0.5, 0.6) is 5.75 Å². The van der Waals surface area contributed by atoms with Crippen molar-refractivity contribution in [2.24, 2.45) is 0 Å². The van der Waals surface area contributed by atoms with E-state index < -0.39 is 0 Å². The Morgan fingerprint density at radius 3 is 2.20 bits per heavy atom. The first-order valence-corrected chi connectivity index (χ1v) is 8.12. The maximum atomic E-state index is 12.9. The first-order valence-electron chi connectivity index (χ1n) is 8.12. The predicted octanol–water partition coefficient (Wildman–Crippen LogP) is 5.25. The normalized spacial score (nSPS) is 10.8. The quantitative estimate of drug-likeness (QED) is 0.558. The number of hydrogen-bond donors (Lipinski definition) is 1. The zero-order valence-electron chi connectivity index (χ0n) is 13.8. The lowest BCUT2D eigenvalue weighted by Crippen LogP contribution is -2.13. The number of nitrogens with one attached hydrogen (secondary N) is 1. The van der Waals surface area contributed by atoms with Crippen LogP contribution in [0.4, 0.5) is 5.69 Å². The van der Waals surface area contributed by atoms with Gasteiger partial charge in [0.2, 0.25) is 0 Å². The number of fused-ring (bicyclic) bond motifs is 2. The molecule has 0 spiro atoms. The van der Waals surface area contributed by atoms with E-state index >= 15 is 0 Å². The van der Waals surface area contributed by atoms with Gasteiger partial charge in [0.1, 0.15) is 5.75 Å². The highest BCUT2D eigenvalue weighted by Gasteiger charge is 2.15. The Bertz CT molecular complexity index is 1080. The summed E-state index contributed by atoms with van der Waals surface area (Å²) in [5, 5.41) is 7.17. The van der Waals surface area contributed by atoms with E-state index in [9.17, 15) is 4.79 Å². The Labute approximate surface area is 145 Å². The van der Waals surface area contributed by atoms with Crippen LogP contribution in [0, 0.1) is 0 Å². The van der Waals surface area contributed by atoms with Gasteiger partial charge in [0.25, 0.3) is 5.91 Å². The summed E-state index contributed by atoms with van der Waals surface area (Å²) in [6, 6.07) is 25.6. The van der Waals surface area contributed by atoms with E-state index in [0.29, 0.717) is 11.3 Å². The number of amides is 1. The molecular formula is C22H17NO2. The van der Waals surface area contributed by atoms with Gasteiger partial charge in [0, 0.05) is 11.1 Å². The molecule has 0 aliphatic heterocycles. The fourth-order valence-electron chi connectivity index (χ4n) is 3.09. The number of methoxy groups -OCH3 is 1. The van der Waals surface area contributed by atoms with Gasteiger partial charge in [-0.1, -0.05) is 60.7 Å². The standard InChI is InChI=1S/C22H17NO2/c1-25-21-14-17-9-3-2-8-16(17)13-19(21)22(24)23-20-12-6-10-15-7-4-5-11-18(15)20/h2-14H,1H3,(H,23,24). The lowest BCUT2D eigenvalue weighted by atomic mass is 10.0. The highest BCUT2D eigenvalue weighted by Crippen LogP contribution is 2.28. The summed E-state index contributed by atoms with van der Waals surface area (Å²) in [6.07, 6.45) is 0. The second-order valence-electron chi connectivity index (χ2n) is 5.88. The molecule has 0 aliphatic rings. The molecule has 0 saturated carbocycles. The molecule has 4 aromatic carbocycles. The van der Waals surface area contributed by atoms with Crippen molar-refractivity contribution in [1.82, 2.24) is 0 Å². The summed E-state index contributed by atoms with van der Waals surface area (Å²) in [5.41, 5.74) is 1.31. The second-order valence-corrected chi connectivity index (χ2v) is 5.88. The minimum atomic E-state index is -0.182. The summed E-state index contributed by atoms with van der Waals surface area (Å²) in [7, 11) is 1.58. The molecule has 1 N–H and O–H groups in total. The van der Waals surface area contributed by atoms with E-state index in [1.165, 1.54) is 0 Å². The summed E-state index contributed by atoms with van der Waals surface area (Å²) in [6.45, 7) is 0. The van der Waals surface area contributed by atoms with Crippen molar-refractivity contribution >= 4 is 33.1 Å². The van der Waals surface area contributed by atoms with Crippen molar-refractivity contribution < 1.29 is 9.53 Å². The predicted molar refractivity (Wildman–Crippen MR) is 102 cm³/mol. The zero-order chi connectivity index (χ0) is 17.2. The third-order valence-corrected chi connectivity index (χ3v) is 4.35. The summed E-state index contributed by atoms with van der Waals surface area (Å²) in [4.78, 5) is 12.9. The van der Waals surface area contributed by atoms with Gasteiger partial charge in [-0.3, -0.25) is 4.79 Å². The molecule has 0 aliphatic carbocycles. The largest absolute Gasteiger partial charge is 0.496 e. The Balaban J connectivity index is 1.77. The van der Waals surface area contributed by atoms with Crippen LogP contribution in [0.2, 0.25) is 0 Å². The van der Waals surface area contributed by atoms with Crippen molar-refractivity contribution in [3.05, 3.63) is 84.4 Å². The summed E-state index contributed by atoms with van der Waals surface area (Å²) >= 11 is 0. The maximum Gasteiger partial charge on any atom is 0.259 e. The van der Waals surface area contributed by atoms with Crippen LogP contribution in [0.1, 0.15) is 10.4 Å². The highest BCUT2D eigenvalue weighted by molar-refractivity contribution is 6.12. The average Bonchev–Trinajstić information content (AvgIpc) is 2.67. The molecule has 122 valence electrons. The molecule has 25 heavy (non-hydrogen) atoms. The molecule has 0 aromatic heterocycles. The second kappa shape index (κ2) is 6.29. The average molecular weight is 327 g/mol. The number of ether oxygens (including phenoxy) is 1. The van der Waals surface area contributed by atoms with Crippen LogP contribution < -0.4 is 10.1 Å². The smallest absolute Gasteiger partial charge is 0.259 e. The Morgan fingerprint density at radius 1 is 0.800 bits per heavy atom. The molecule has 0 bridgehead atoms. The van der Waals surface area contributed by atoms with Gasteiger partial charge in [-0.25, -0.2) is 0 Å². The minimum absolute atomic E-state index is 0.182. The summed E-state index contributed by atoms with van der Waals surface area (Å²) < 4.78 is 5.44. The van der Waals surface area contributed by atoms with Crippen molar-refractivity contribution in [3.8, 4) is 5.75 Å². The van der Waals surface area contributed by atoms with Crippen molar-refractivity contribution in [2.45, 2.75) is 0 Å². The molecule has 4 aromatic rings. The van der Waals surface area contributed by atoms with Crippen LogP contribution in [-0.2, 0) is 0 Å². The Hall–Kier alpha value is -3.33. The lowest BCUT2D eigenvalue weighted by molar-refractivity contribution is 0.102. The fraction of sp³-hybridized carbons (Fsp3) is 0.0455. The van der Waals surface area contributed by atoms with Crippen LogP contribution in [0.25, 0.3) is 21.5 Å². The van der Waals surface area contributed by atoms with Crippen LogP contribution >= 0.6 is 0 Å². The molecule has 3 heteroatoms. The molecule has 0 heterocycles. The highest BCUT2D eigenvalue weighted by atomic mass is 16.5. The fourth-order valence-corrected chi connectivity index (χ4v) is 3.09. The minimum Gasteiger partial charge on any atom is -0.496 e. The van der Waals surface area contributed by atoms with Crippen molar-refractivity contribution in [1.29, 1.82) is 0 Å². The molecule has 0 fully saturated rings. The number of hydrogen-bond acceptors (Lipinski definition) is 2. The van der Waals surface area contributed by atoms with Gasteiger partial charge < -0.3 is 10.1 Å². The third kappa shape index (κ3) is 2.81. The van der Waals surface area contributed by atoms with Gasteiger partial charge in [0.05, 0.1) is 12.7 Å². The zero-order valence-corrected chi connectivity index (χ0v) is 13.8. The SMILES string of the molecule is COc1cc2ccccc2cc1C(=O)Nc1cccc2ccccc12. The van der Waals surface area contributed by atoms with E-state index in [1.54, 1.807) is 7.11 Å². The van der Waals surface area contributed by atoms with E-state index in [-0.39, 0.29) is 5.91 Å². The van der Waals surface area contributed by atoms with E-state index in [2.05, 4.69) is 5.32 Å². The Morgan fingerprint density at radius 2 is 1.44 bits per heavy atom. The number of anilines is 1. The third-order valence-electron chi connectivity index (χ3n) is 4.35. The Kier molecular flexibility index (Phi) is 3.82. The molecule has 0 unspecified atom stereocenters. The van der Waals surface area contributed by atoms with Gasteiger partial charge in [0.15, 0.2) is 0 Å². The monoisotopic (exact) mass is 327 g/mol. The number of carbonyl (C=O) groups excluding carboxylic acids is 1. The van der Waals surface area contributed by atoms with Crippen molar-refractivity contribution in [3.63, 3.8) is 0 Å². The first-order chi connectivity index (χ1) is 12.3. The van der Waals surface area contributed by atoms with Crippen LogP contribution in [-0.4, -0.2) is 13.0 Å². The topological polar surface area (TPSA) is 38.3 Å². The lowest BCUT2D eigenvalue weighted by Gasteiger charge is -2.12. The van der Waals surface area contributed by atoms with Gasteiger partial charge >= 0.3 is 0 Å². The van der Waals surface area contributed by atoms with Gasteiger partial charge in [-0.15, -0.1) is 0 Å². The molecular weight excluding hydrogens is 310 g/mol. The molecule has 1 amide bonds. The first kappa shape index (κ1) is 15.2. The number of carbonyl (C=O) groups is 1. The molecule has 0 saturated heterocycles. The maximum absolute atomic E-state index is 12.9. The van der Waals surface area contributed by atoms with Gasteiger partial charge in [-0.2, -0.15) is 0 Å². The van der Waals surface area contributed by atoms with E-state index in [4.69, 9.17) is 4.74 Å².